The minimum Gasteiger partial charge on any atom is -0.327 e. The van der Waals surface area contributed by atoms with E-state index < -0.39 is 0 Å². The monoisotopic (exact) mass is 331 g/mol. The van der Waals surface area contributed by atoms with Gasteiger partial charge in [0.2, 0.25) is 0 Å². The molecule has 2 rings (SSSR count). The normalized spacial score (nSPS) is 12.7. The lowest BCUT2D eigenvalue weighted by Crippen LogP contribution is -2.27. The van der Waals surface area contributed by atoms with Crippen molar-refractivity contribution >= 4 is 34.8 Å². The van der Waals surface area contributed by atoms with Crippen molar-refractivity contribution in [2.45, 2.75) is 25.8 Å². The highest BCUT2D eigenvalue weighted by atomic mass is 35.5. The van der Waals surface area contributed by atoms with Crippen LogP contribution in [-0.4, -0.2) is 15.8 Å². The van der Waals surface area contributed by atoms with Gasteiger partial charge >= 0.3 is 0 Å². The van der Waals surface area contributed by atoms with E-state index in [4.69, 9.17) is 40.5 Å². The molecule has 2 aromatic rings. The molecule has 1 aromatic carbocycles. The first-order valence-electron chi connectivity index (χ1n) is 6.26. The average molecular weight is 333 g/mol. The molecule has 1 heterocycles. The first-order valence-corrected chi connectivity index (χ1v) is 7.39. The van der Waals surface area contributed by atoms with Crippen molar-refractivity contribution in [2.24, 2.45) is 12.8 Å². The van der Waals surface area contributed by atoms with E-state index in [1.54, 1.807) is 10.7 Å². The van der Waals surface area contributed by atoms with Crippen LogP contribution >= 0.6 is 34.8 Å². The van der Waals surface area contributed by atoms with Crippen molar-refractivity contribution in [1.29, 1.82) is 0 Å². The smallest absolute Gasteiger partial charge is 0.0847 e. The van der Waals surface area contributed by atoms with E-state index >= 15 is 0 Å². The second-order valence-electron chi connectivity index (χ2n) is 4.87. The number of benzene rings is 1. The van der Waals surface area contributed by atoms with Crippen LogP contribution in [0, 0.1) is 6.92 Å². The highest BCUT2D eigenvalue weighted by Crippen LogP contribution is 2.24. The highest BCUT2D eigenvalue weighted by molar-refractivity contribution is 6.35. The molecule has 108 valence electrons. The molecule has 0 radical (unpaired) electrons. The van der Waals surface area contributed by atoms with Crippen molar-refractivity contribution in [3.8, 4) is 0 Å². The third-order valence-corrected chi connectivity index (χ3v) is 4.29. The summed E-state index contributed by atoms with van der Waals surface area (Å²) in [7, 11) is 1.87. The molecular weight excluding hydrogens is 317 g/mol. The summed E-state index contributed by atoms with van der Waals surface area (Å²) in [4.78, 5) is 0. The standard InChI is InChI=1S/C14H16Cl3N3/c1-8-14(17)13(20(2)19-8)7-11(18)5-9-3-4-10(15)6-12(9)16/h3-4,6,11H,5,7,18H2,1-2H3. The molecule has 0 spiro atoms. The third-order valence-electron chi connectivity index (χ3n) is 3.21. The van der Waals surface area contributed by atoms with Gasteiger partial charge in [-0.3, -0.25) is 4.68 Å². The van der Waals surface area contributed by atoms with Gasteiger partial charge in [0.05, 0.1) is 16.4 Å². The van der Waals surface area contributed by atoms with Crippen molar-refractivity contribution in [2.75, 3.05) is 0 Å². The number of nitrogens with zero attached hydrogens (tertiary/aromatic N) is 2. The van der Waals surface area contributed by atoms with Crippen molar-refractivity contribution < 1.29 is 0 Å². The largest absolute Gasteiger partial charge is 0.327 e. The van der Waals surface area contributed by atoms with Gasteiger partial charge in [0, 0.05) is 29.6 Å². The Bertz CT molecular complexity index is 622. The van der Waals surface area contributed by atoms with Crippen molar-refractivity contribution in [3.05, 3.63) is 50.2 Å². The van der Waals surface area contributed by atoms with Crippen LogP contribution in [-0.2, 0) is 19.9 Å². The molecule has 0 saturated heterocycles. The van der Waals surface area contributed by atoms with Crippen LogP contribution < -0.4 is 5.73 Å². The summed E-state index contributed by atoms with van der Waals surface area (Å²) in [6, 6.07) is 5.37. The zero-order valence-electron chi connectivity index (χ0n) is 11.3. The van der Waals surface area contributed by atoms with Gasteiger partial charge in [-0.1, -0.05) is 40.9 Å². The van der Waals surface area contributed by atoms with Gasteiger partial charge < -0.3 is 5.73 Å². The number of rotatable bonds is 4. The summed E-state index contributed by atoms with van der Waals surface area (Å²) in [6.45, 7) is 1.88. The molecule has 0 aliphatic carbocycles. The molecule has 0 aliphatic rings. The van der Waals surface area contributed by atoms with Gasteiger partial charge in [-0.15, -0.1) is 0 Å². The minimum atomic E-state index is -0.0824. The topological polar surface area (TPSA) is 43.8 Å². The predicted molar refractivity (Wildman–Crippen MR) is 84.8 cm³/mol. The van der Waals surface area contributed by atoms with E-state index in [1.165, 1.54) is 0 Å². The zero-order chi connectivity index (χ0) is 14.9. The van der Waals surface area contributed by atoms with E-state index in [0.29, 0.717) is 27.9 Å². The number of aromatic nitrogens is 2. The Morgan fingerprint density at radius 2 is 1.95 bits per heavy atom. The first kappa shape index (κ1) is 15.6. The number of nitrogens with two attached hydrogens (primary N) is 1. The molecule has 3 nitrogen and oxygen atoms in total. The Kier molecular flexibility index (Phi) is 4.97. The van der Waals surface area contributed by atoms with Gasteiger partial charge in [-0.25, -0.2) is 0 Å². The summed E-state index contributed by atoms with van der Waals surface area (Å²) in [5.41, 5.74) is 8.95. The van der Waals surface area contributed by atoms with Crippen LogP contribution in [0.1, 0.15) is 17.0 Å². The van der Waals surface area contributed by atoms with E-state index in [-0.39, 0.29) is 6.04 Å². The van der Waals surface area contributed by atoms with Crippen LogP contribution in [0.3, 0.4) is 0 Å². The van der Waals surface area contributed by atoms with Gasteiger partial charge in [-0.05, 0) is 31.0 Å². The summed E-state index contributed by atoms with van der Waals surface area (Å²) in [6.07, 6.45) is 1.31. The number of halogens is 3. The predicted octanol–water partition coefficient (Wildman–Crippen LogP) is 3.80. The fourth-order valence-electron chi connectivity index (χ4n) is 2.19. The van der Waals surface area contributed by atoms with E-state index in [0.717, 1.165) is 17.0 Å². The summed E-state index contributed by atoms with van der Waals surface area (Å²) >= 11 is 18.3. The maximum Gasteiger partial charge on any atom is 0.0847 e. The molecule has 1 aromatic heterocycles. The third kappa shape index (κ3) is 3.47. The molecule has 0 fully saturated rings. The zero-order valence-corrected chi connectivity index (χ0v) is 13.6. The molecule has 20 heavy (non-hydrogen) atoms. The van der Waals surface area contributed by atoms with Crippen LogP contribution in [0.5, 0.6) is 0 Å². The van der Waals surface area contributed by atoms with Gasteiger partial charge in [-0.2, -0.15) is 5.10 Å². The minimum absolute atomic E-state index is 0.0824. The quantitative estimate of drug-likeness (QED) is 0.925. The molecule has 1 atom stereocenters. The van der Waals surface area contributed by atoms with Crippen molar-refractivity contribution in [3.63, 3.8) is 0 Å². The van der Waals surface area contributed by atoms with E-state index in [1.807, 2.05) is 26.1 Å². The number of hydrogen-bond acceptors (Lipinski definition) is 2. The molecular formula is C14H16Cl3N3. The first-order chi connectivity index (χ1) is 9.38. The lowest BCUT2D eigenvalue weighted by atomic mass is 10.0. The second-order valence-corrected chi connectivity index (χ2v) is 6.10. The van der Waals surface area contributed by atoms with Gasteiger partial charge in [0.25, 0.3) is 0 Å². The Balaban J connectivity index is 2.11. The average Bonchev–Trinajstić information content (AvgIpc) is 2.60. The lowest BCUT2D eigenvalue weighted by molar-refractivity contribution is 0.612. The highest BCUT2D eigenvalue weighted by Gasteiger charge is 2.15. The van der Waals surface area contributed by atoms with Crippen LogP contribution in [0.25, 0.3) is 0 Å². The summed E-state index contributed by atoms with van der Waals surface area (Å²) in [5.74, 6) is 0. The maximum absolute atomic E-state index is 6.23. The Morgan fingerprint density at radius 3 is 2.50 bits per heavy atom. The summed E-state index contributed by atoms with van der Waals surface area (Å²) < 4.78 is 1.78. The Hall–Kier alpha value is -0.740. The van der Waals surface area contributed by atoms with E-state index in [9.17, 15) is 0 Å². The maximum atomic E-state index is 6.23. The lowest BCUT2D eigenvalue weighted by Gasteiger charge is -2.13. The number of hydrogen-bond donors (Lipinski definition) is 1. The fourth-order valence-corrected chi connectivity index (χ4v) is 2.91. The molecule has 0 saturated carbocycles. The summed E-state index contributed by atoms with van der Waals surface area (Å²) in [5, 5.41) is 6.23. The van der Waals surface area contributed by atoms with Crippen LogP contribution in [0.15, 0.2) is 18.2 Å². The van der Waals surface area contributed by atoms with Gasteiger partial charge in [0.15, 0.2) is 0 Å². The molecule has 0 bridgehead atoms. The van der Waals surface area contributed by atoms with Gasteiger partial charge in [0.1, 0.15) is 0 Å². The Labute approximate surface area is 133 Å². The molecule has 1 unspecified atom stereocenters. The molecule has 0 amide bonds. The number of aryl methyl sites for hydroxylation is 2. The van der Waals surface area contributed by atoms with E-state index in [2.05, 4.69) is 5.10 Å². The fraction of sp³-hybridized carbons (Fsp3) is 0.357. The van der Waals surface area contributed by atoms with Crippen LogP contribution in [0.2, 0.25) is 15.1 Å². The molecule has 2 N–H and O–H groups in total. The molecule has 6 heteroatoms. The SMILES string of the molecule is Cc1nn(C)c(CC(N)Cc2ccc(Cl)cc2Cl)c1Cl. The molecule has 0 aliphatic heterocycles. The van der Waals surface area contributed by atoms with Crippen LogP contribution in [0.4, 0.5) is 0 Å². The second kappa shape index (κ2) is 6.35. The van der Waals surface area contributed by atoms with Crippen molar-refractivity contribution in [1.82, 2.24) is 9.78 Å². The Morgan fingerprint density at radius 1 is 1.25 bits per heavy atom.